The average molecular weight is 327 g/mol. The van der Waals surface area contributed by atoms with E-state index in [-0.39, 0.29) is 33.8 Å². The molecule has 0 saturated carbocycles. The number of pyridine rings is 1. The van der Waals surface area contributed by atoms with E-state index in [1.807, 2.05) is 4.90 Å². The number of benzene rings is 1. The maximum absolute atomic E-state index is 12.8. The quantitative estimate of drug-likeness (QED) is 0.782. The molecule has 2 aromatic rings. The summed E-state index contributed by atoms with van der Waals surface area (Å²) in [6, 6.07) is 6.15. The Kier molecular flexibility index (Phi) is 5.28. The zero-order valence-electron chi connectivity index (χ0n) is 11.3. The Hall–Kier alpha value is -1.49. The maximum Gasteiger partial charge on any atom is 0.179 e. The lowest BCUT2D eigenvalue weighted by molar-refractivity contribution is 0.0943. The Morgan fingerprint density at radius 3 is 2.33 bits per heavy atom. The van der Waals surface area contributed by atoms with Crippen LogP contribution in [0.25, 0.3) is 0 Å². The van der Waals surface area contributed by atoms with Crippen LogP contribution in [0.3, 0.4) is 0 Å². The molecule has 0 radical (unpaired) electrons. The summed E-state index contributed by atoms with van der Waals surface area (Å²) < 4.78 is 12.8. The molecule has 0 spiro atoms. The van der Waals surface area contributed by atoms with E-state index in [1.165, 1.54) is 24.5 Å². The second-order valence-corrected chi connectivity index (χ2v) is 5.51. The molecule has 0 bridgehead atoms. The highest BCUT2D eigenvalue weighted by atomic mass is 35.5. The first-order valence-electron chi connectivity index (χ1n) is 6.22. The van der Waals surface area contributed by atoms with E-state index >= 15 is 0 Å². The van der Waals surface area contributed by atoms with Gasteiger partial charge in [0.25, 0.3) is 0 Å². The van der Waals surface area contributed by atoms with Crippen LogP contribution in [0.15, 0.2) is 36.7 Å². The first-order valence-corrected chi connectivity index (χ1v) is 6.98. The summed E-state index contributed by atoms with van der Waals surface area (Å²) in [7, 11) is 1.80. The monoisotopic (exact) mass is 326 g/mol. The van der Waals surface area contributed by atoms with Crippen molar-refractivity contribution < 1.29 is 9.18 Å². The number of carbonyl (C=O) groups is 1. The number of Topliss-reactive ketones (excluding diaryl/α,β-unsaturated/α-hetero) is 1. The summed E-state index contributed by atoms with van der Waals surface area (Å²) in [5, 5.41) is 0.477. The van der Waals surface area contributed by atoms with Gasteiger partial charge in [0.05, 0.1) is 22.2 Å². The molecule has 0 unspecified atom stereocenters. The Morgan fingerprint density at radius 1 is 1.19 bits per heavy atom. The molecule has 0 aliphatic rings. The van der Waals surface area contributed by atoms with Crippen LogP contribution in [0.1, 0.15) is 15.9 Å². The second-order valence-electron chi connectivity index (χ2n) is 4.70. The van der Waals surface area contributed by atoms with E-state index in [2.05, 4.69) is 4.98 Å². The highest BCUT2D eigenvalue weighted by molar-refractivity contribution is 6.39. The molecule has 1 heterocycles. The van der Waals surface area contributed by atoms with E-state index in [1.54, 1.807) is 19.2 Å². The molecular formula is C15H13Cl2FN2O. The smallest absolute Gasteiger partial charge is 0.179 e. The Labute approximate surface area is 132 Å². The van der Waals surface area contributed by atoms with Crippen molar-refractivity contribution in [1.29, 1.82) is 0 Å². The zero-order valence-corrected chi connectivity index (χ0v) is 12.8. The molecule has 1 aromatic heterocycles. The molecule has 0 N–H and O–H groups in total. The van der Waals surface area contributed by atoms with Crippen molar-refractivity contribution in [3.05, 3.63) is 63.6 Å². The van der Waals surface area contributed by atoms with Crippen LogP contribution in [-0.4, -0.2) is 29.3 Å². The van der Waals surface area contributed by atoms with Crippen molar-refractivity contribution in [1.82, 2.24) is 9.88 Å². The molecular weight excluding hydrogens is 314 g/mol. The summed E-state index contributed by atoms with van der Waals surface area (Å²) in [6.45, 7) is 0.674. The Balaban J connectivity index is 2.04. The molecule has 0 amide bonds. The first-order chi connectivity index (χ1) is 9.97. The van der Waals surface area contributed by atoms with Crippen molar-refractivity contribution in [2.45, 2.75) is 6.54 Å². The van der Waals surface area contributed by atoms with Gasteiger partial charge in [-0.05, 0) is 24.7 Å². The van der Waals surface area contributed by atoms with Crippen molar-refractivity contribution in [2.75, 3.05) is 13.6 Å². The van der Waals surface area contributed by atoms with Crippen molar-refractivity contribution >= 4 is 29.0 Å². The van der Waals surface area contributed by atoms with Crippen LogP contribution in [0.4, 0.5) is 4.39 Å². The van der Waals surface area contributed by atoms with Crippen LogP contribution < -0.4 is 0 Å². The number of aromatic nitrogens is 1. The molecule has 0 aliphatic heterocycles. The van der Waals surface area contributed by atoms with Gasteiger partial charge in [-0.1, -0.05) is 35.3 Å². The summed E-state index contributed by atoms with van der Waals surface area (Å²) in [4.78, 5) is 17.9. The van der Waals surface area contributed by atoms with E-state index < -0.39 is 0 Å². The Bertz CT molecular complexity index is 626. The molecule has 0 saturated heterocycles. The van der Waals surface area contributed by atoms with Gasteiger partial charge in [0.1, 0.15) is 5.82 Å². The lowest BCUT2D eigenvalue weighted by atomic mass is 10.1. The predicted molar refractivity (Wildman–Crippen MR) is 81.3 cm³/mol. The minimum Gasteiger partial charge on any atom is -0.295 e. The highest BCUT2D eigenvalue weighted by Crippen LogP contribution is 2.23. The molecule has 6 heteroatoms. The SMILES string of the molecule is CN(CC(=O)c1c(Cl)cncc1Cl)Cc1ccc(F)cc1. The van der Waals surface area contributed by atoms with Gasteiger partial charge in [-0.15, -0.1) is 0 Å². The maximum atomic E-state index is 12.8. The van der Waals surface area contributed by atoms with Gasteiger partial charge in [0, 0.05) is 18.9 Å². The fraction of sp³-hybridized carbons (Fsp3) is 0.200. The fourth-order valence-electron chi connectivity index (χ4n) is 1.96. The third kappa shape index (κ3) is 4.24. The minimum atomic E-state index is -0.284. The van der Waals surface area contributed by atoms with Crippen LogP contribution in [-0.2, 0) is 6.54 Å². The topological polar surface area (TPSA) is 33.2 Å². The van der Waals surface area contributed by atoms with Crippen molar-refractivity contribution in [3.63, 3.8) is 0 Å². The van der Waals surface area contributed by atoms with Gasteiger partial charge < -0.3 is 0 Å². The largest absolute Gasteiger partial charge is 0.295 e. The Morgan fingerprint density at radius 2 is 1.76 bits per heavy atom. The number of hydrogen-bond acceptors (Lipinski definition) is 3. The fourth-order valence-corrected chi connectivity index (χ4v) is 2.53. The van der Waals surface area contributed by atoms with Gasteiger partial charge >= 0.3 is 0 Å². The number of halogens is 3. The van der Waals surface area contributed by atoms with Crippen LogP contribution in [0, 0.1) is 5.82 Å². The molecule has 1 aromatic carbocycles. The number of carbonyl (C=O) groups excluding carboxylic acids is 1. The van der Waals surface area contributed by atoms with Gasteiger partial charge in [0.2, 0.25) is 0 Å². The number of rotatable bonds is 5. The highest BCUT2D eigenvalue weighted by Gasteiger charge is 2.16. The average Bonchev–Trinajstić information content (AvgIpc) is 2.41. The third-order valence-corrected chi connectivity index (χ3v) is 3.48. The minimum absolute atomic E-state index is 0.154. The van der Waals surface area contributed by atoms with Crippen molar-refractivity contribution in [3.8, 4) is 0 Å². The van der Waals surface area contributed by atoms with E-state index in [4.69, 9.17) is 23.2 Å². The van der Waals surface area contributed by atoms with Crippen LogP contribution in [0.2, 0.25) is 10.0 Å². The molecule has 0 aliphatic carbocycles. The zero-order chi connectivity index (χ0) is 15.4. The lowest BCUT2D eigenvalue weighted by Crippen LogP contribution is -2.26. The van der Waals surface area contributed by atoms with Gasteiger partial charge in [-0.2, -0.15) is 0 Å². The molecule has 0 atom stereocenters. The number of nitrogens with zero attached hydrogens (tertiary/aromatic N) is 2. The summed E-state index contributed by atoms with van der Waals surface area (Å²) >= 11 is 11.9. The molecule has 2 rings (SSSR count). The van der Waals surface area contributed by atoms with Crippen LogP contribution in [0.5, 0.6) is 0 Å². The molecule has 110 valence electrons. The molecule has 3 nitrogen and oxygen atoms in total. The summed E-state index contributed by atoms with van der Waals surface area (Å²) in [6.07, 6.45) is 2.78. The van der Waals surface area contributed by atoms with E-state index in [9.17, 15) is 9.18 Å². The molecule has 21 heavy (non-hydrogen) atoms. The van der Waals surface area contributed by atoms with Gasteiger partial charge in [0.15, 0.2) is 5.78 Å². The van der Waals surface area contributed by atoms with Gasteiger partial charge in [-0.3, -0.25) is 14.7 Å². The first kappa shape index (κ1) is 15.9. The van der Waals surface area contributed by atoms with Gasteiger partial charge in [-0.25, -0.2) is 4.39 Å². The van der Waals surface area contributed by atoms with E-state index in [0.29, 0.717) is 6.54 Å². The second kappa shape index (κ2) is 6.98. The summed E-state index contributed by atoms with van der Waals surface area (Å²) in [5.74, 6) is -0.468. The third-order valence-electron chi connectivity index (χ3n) is 2.91. The number of likely N-dealkylation sites (N-methyl/N-ethyl adjacent to an activating group) is 1. The lowest BCUT2D eigenvalue weighted by Gasteiger charge is -2.16. The predicted octanol–water partition coefficient (Wildman–Crippen LogP) is 3.84. The standard InChI is InChI=1S/C15H13Cl2FN2O/c1-20(8-10-2-4-11(18)5-3-10)9-14(21)15-12(16)6-19-7-13(15)17/h2-7H,8-9H2,1H3. The molecule has 0 fully saturated rings. The number of hydrogen-bond donors (Lipinski definition) is 0. The van der Waals surface area contributed by atoms with Crippen LogP contribution >= 0.6 is 23.2 Å². The normalized spacial score (nSPS) is 10.9. The van der Waals surface area contributed by atoms with Crippen molar-refractivity contribution in [2.24, 2.45) is 0 Å². The van der Waals surface area contributed by atoms with E-state index in [0.717, 1.165) is 5.56 Å². The summed E-state index contributed by atoms with van der Waals surface area (Å²) in [5.41, 5.74) is 1.19. The number of ketones is 1.